The molecule has 0 aliphatic rings. The predicted octanol–water partition coefficient (Wildman–Crippen LogP) is 3.99. The molecule has 0 radical (unpaired) electrons. The highest BCUT2D eigenvalue weighted by atomic mass is 32.2. The van der Waals surface area contributed by atoms with E-state index >= 15 is 0 Å². The summed E-state index contributed by atoms with van der Waals surface area (Å²) in [5, 5.41) is 6.02. The van der Waals surface area contributed by atoms with Gasteiger partial charge in [0.25, 0.3) is 5.91 Å². The first kappa shape index (κ1) is 23.1. The Labute approximate surface area is 187 Å². The lowest BCUT2D eigenvalue weighted by molar-refractivity contribution is 0.0953. The molecule has 0 bridgehead atoms. The van der Waals surface area contributed by atoms with Crippen LogP contribution in [-0.2, 0) is 23.0 Å². The number of hydrogen-bond acceptors (Lipinski definition) is 5. The molecule has 3 aromatic rings. The van der Waals surface area contributed by atoms with Gasteiger partial charge in [-0.05, 0) is 56.4 Å². The normalized spacial score (nSPS) is 11.4. The second-order valence-corrected chi connectivity index (χ2v) is 10.1. The van der Waals surface area contributed by atoms with Crippen LogP contribution in [-0.4, -0.2) is 25.9 Å². The average Bonchev–Trinajstić information content (AvgIpc) is 3.18. The van der Waals surface area contributed by atoms with Gasteiger partial charge in [0.15, 0.2) is 0 Å². The third kappa shape index (κ3) is 6.72. The first-order valence-corrected chi connectivity index (χ1v) is 12.5. The smallest absolute Gasteiger partial charge is 0.251 e. The fourth-order valence-corrected chi connectivity index (χ4v) is 5.21. The first-order valence-electron chi connectivity index (χ1n) is 10.2. The third-order valence-electron chi connectivity index (χ3n) is 4.82. The fourth-order valence-electron chi connectivity index (χ4n) is 3.11. The average molecular weight is 458 g/mol. The molecule has 0 unspecified atom stereocenters. The molecule has 0 atom stereocenters. The highest BCUT2D eigenvalue weighted by Gasteiger charge is 2.19. The molecule has 31 heavy (non-hydrogen) atoms. The lowest BCUT2D eigenvalue weighted by Crippen LogP contribution is -2.27. The summed E-state index contributed by atoms with van der Waals surface area (Å²) >= 11 is 1.66. The Balaban J connectivity index is 1.55. The monoisotopic (exact) mass is 457 g/mol. The van der Waals surface area contributed by atoms with E-state index in [1.165, 1.54) is 6.07 Å². The van der Waals surface area contributed by atoms with Gasteiger partial charge in [-0.2, -0.15) is 0 Å². The molecule has 0 fully saturated rings. The van der Waals surface area contributed by atoms with Crippen molar-refractivity contribution in [3.8, 4) is 0 Å². The summed E-state index contributed by atoms with van der Waals surface area (Å²) in [4.78, 5) is 17.1. The van der Waals surface area contributed by atoms with Crippen LogP contribution in [0.1, 0.15) is 45.0 Å². The molecule has 2 N–H and O–H groups in total. The molecule has 0 spiro atoms. The van der Waals surface area contributed by atoms with Crippen LogP contribution in [0.4, 0.5) is 0 Å². The van der Waals surface area contributed by atoms with Crippen LogP contribution in [0.2, 0.25) is 0 Å². The van der Waals surface area contributed by atoms with Gasteiger partial charge in [0.1, 0.15) is 0 Å². The zero-order chi connectivity index (χ0) is 22.3. The van der Waals surface area contributed by atoms with Crippen LogP contribution in [0.25, 0.3) is 0 Å². The number of amides is 1. The van der Waals surface area contributed by atoms with Gasteiger partial charge in [-0.25, -0.2) is 18.1 Å². The van der Waals surface area contributed by atoms with E-state index < -0.39 is 10.0 Å². The molecule has 164 valence electrons. The lowest BCUT2D eigenvalue weighted by Gasteiger charge is -2.12. The van der Waals surface area contributed by atoms with E-state index in [1.807, 2.05) is 42.6 Å². The molecule has 1 aromatic heterocycles. The Bertz CT molecular complexity index is 1130. The van der Waals surface area contributed by atoms with Gasteiger partial charge in [-0.1, -0.05) is 36.4 Å². The van der Waals surface area contributed by atoms with Gasteiger partial charge < -0.3 is 5.32 Å². The van der Waals surface area contributed by atoms with Gasteiger partial charge >= 0.3 is 0 Å². The van der Waals surface area contributed by atoms with Gasteiger partial charge in [0, 0.05) is 29.7 Å². The Morgan fingerprint density at radius 1 is 1.06 bits per heavy atom. The van der Waals surface area contributed by atoms with E-state index in [0.717, 1.165) is 35.5 Å². The second kappa shape index (κ2) is 10.7. The molecule has 0 aliphatic carbocycles. The van der Waals surface area contributed by atoms with Crippen molar-refractivity contribution in [1.82, 2.24) is 15.0 Å². The fraction of sp³-hybridized carbons (Fsp3) is 0.304. The summed E-state index contributed by atoms with van der Waals surface area (Å²) < 4.78 is 28.2. The van der Waals surface area contributed by atoms with E-state index in [2.05, 4.69) is 15.0 Å². The number of thiazole rings is 1. The number of unbranched alkanes of at least 4 members (excludes halogenated alkanes) is 1. The molecule has 1 heterocycles. The zero-order valence-corrected chi connectivity index (χ0v) is 19.4. The SMILES string of the molecule is Cc1csc(CCCCNC(=O)c2ccc(C)c(S(=O)(=O)NCc3ccccc3)c2)n1. The maximum absolute atomic E-state index is 12.8. The Morgan fingerprint density at radius 2 is 1.84 bits per heavy atom. The van der Waals surface area contributed by atoms with Crippen LogP contribution in [0.5, 0.6) is 0 Å². The largest absolute Gasteiger partial charge is 0.352 e. The van der Waals surface area contributed by atoms with E-state index in [9.17, 15) is 13.2 Å². The van der Waals surface area contributed by atoms with Crippen LogP contribution >= 0.6 is 11.3 Å². The Morgan fingerprint density at radius 3 is 2.55 bits per heavy atom. The van der Waals surface area contributed by atoms with Crippen molar-refractivity contribution in [3.63, 3.8) is 0 Å². The number of rotatable bonds is 10. The standard InChI is InChI=1S/C23H27N3O3S2/c1-17-11-12-20(23(27)24-13-7-6-10-22-26-18(2)16-30-22)14-21(17)31(28,29)25-15-19-8-4-3-5-9-19/h3-5,8-9,11-12,14,16,25H,6-7,10,13,15H2,1-2H3,(H,24,27). The van der Waals surface area contributed by atoms with E-state index in [1.54, 1.807) is 30.4 Å². The molecule has 8 heteroatoms. The maximum atomic E-state index is 12.8. The Hall–Kier alpha value is -2.55. The number of hydrogen-bond donors (Lipinski definition) is 2. The second-order valence-electron chi connectivity index (χ2n) is 7.39. The minimum atomic E-state index is -3.74. The number of sulfonamides is 1. The van der Waals surface area contributed by atoms with Crippen molar-refractivity contribution < 1.29 is 13.2 Å². The van der Waals surface area contributed by atoms with Crippen molar-refractivity contribution in [3.05, 3.63) is 81.3 Å². The molecule has 3 rings (SSSR count). The van der Waals surface area contributed by atoms with Crippen LogP contribution < -0.4 is 10.0 Å². The Kier molecular flexibility index (Phi) is 7.95. The number of aryl methyl sites for hydroxylation is 3. The van der Waals surface area contributed by atoms with Gasteiger partial charge in [-0.3, -0.25) is 4.79 Å². The number of carbonyl (C=O) groups is 1. The van der Waals surface area contributed by atoms with Crippen LogP contribution in [0, 0.1) is 13.8 Å². The summed E-state index contributed by atoms with van der Waals surface area (Å²) in [6, 6.07) is 14.1. The number of aromatic nitrogens is 1. The molecule has 1 amide bonds. The highest BCUT2D eigenvalue weighted by molar-refractivity contribution is 7.89. The van der Waals surface area contributed by atoms with Gasteiger partial charge in [-0.15, -0.1) is 11.3 Å². The van der Waals surface area contributed by atoms with Crippen molar-refractivity contribution in [2.45, 2.75) is 44.6 Å². The molecular weight excluding hydrogens is 430 g/mol. The first-order chi connectivity index (χ1) is 14.8. The summed E-state index contributed by atoms with van der Waals surface area (Å²) in [7, 11) is -3.74. The van der Waals surface area contributed by atoms with E-state index in [-0.39, 0.29) is 17.3 Å². The van der Waals surface area contributed by atoms with Crippen LogP contribution in [0.3, 0.4) is 0 Å². The number of nitrogens with zero attached hydrogens (tertiary/aromatic N) is 1. The van der Waals surface area contributed by atoms with Crippen LogP contribution in [0.15, 0.2) is 58.8 Å². The summed E-state index contributed by atoms with van der Waals surface area (Å²) in [6.45, 7) is 4.43. The molecule has 0 saturated heterocycles. The van der Waals surface area contributed by atoms with Gasteiger partial charge in [0.2, 0.25) is 10.0 Å². The molecule has 2 aromatic carbocycles. The summed E-state index contributed by atoms with van der Waals surface area (Å²) in [6.07, 6.45) is 2.67. The maximum Gasteiger partial charge on any atom is 0.251 e. The molecule has 0 aliphatic heterocycles. The van der Waals surface area contributed by atoms with Crippen molar-refractivity contribution in [1.29, 1.82) is 0 Å². The van der Waals surface area contributed by atoms with E-state index in [4.69, 9.17) is 0 Å². The van der Waals surface area contributed by atoms with E-state index in [0.29, 0.717) is 17.7 Å². The summed E-state index contributed by atoms with van der Waals surface area (Å²) in [5.74, 6) is -0.274. The number of nitrogens with one attached hydrogen (secondary N) is 2. The highest BCUT2D eigenvalue weighted by Crippen LogP contribution is 2.18. The lowest BCUT2D eigenvalue weighted by atomic mass is 10.1. The topological polar surface area (TPSA) is 88.2 Å². The molecular formula is C23H27N3O3S2. The zero-order valence-electron chi connectivity index (χ0n) is 17.7. The van der Waals surface area contributed by atoms with Gasteiger partial charge in [0.05, 0.1) is 9.90 Å². The summed E-state index contributed by atoms with van der Waals surface area (Å²) in [5.41, 5.74) is 2.83. The number of carbonyl (C=O) groups excluding carboxylic acids is 1. The minimum Gasteiger partial charge on any atom is -0.352 e. The van der Waals surface area contributed by atoms with Crippen molar-refractivity contribution in [2.24, 2.45) is 0 Å². The predicted molar refractivity (Wildman–Crippen MR) is 124 cm³/mol. The molecule has 6 nitrogen and oxygen atoms in total. The quantitative estimate of drug-likeness (QED) is 0.451. The third-order valence-corrected chi connectivity index (χ3v) is 7.39. The van der Waals surface area contributed by atoms with Crippen molar-refractivity contribution >= 4 is 27.3 Å². The van der Waals surface area contributed by atoms with Crippen molar-refractivity contribution in [2.75, 3.05) is 6.54 Å². The molecule has 0 saturated carbocycles. The number of benzene rings is 2. The minimum absolute atomic E-state index is 0.121.